The molecule has 0 heterocycles. The largest absolute Gasteiger partial charge is 0.197 e. The van der Waals surface area contributed by atoms with Crippen LogP contribution in [0, 0.1) is 39.4 Å². The van der Waals surface area contributed by atoms with Gasteiger partial charge in [-0.05, 0) is 30.5 Å². The highest BCUT2D eigenvalue weighted by molar-refractivity contribution is 5.33. The molecule has 0 aliphatic rings. The van der Waals surface area contributed by atoms with Gasteiger partial charge in [0.05, 0.1) is 23.8 Å². The maximum atomic E-state index is 9.21. The molecule has 0 spiro atoms. The predicted octanol–water partition coefficient (Wildman–Crippen LogP) is 3.10. The van der Waals surface area contributed by atoms with E-state index >= 15 is 0 Å². The lowest BCUT2D eigenvalue weighted by Crippen LogP contribution is -2.19. The van der Waals surface area contributed by atoms with Crippen LogP contribution in [-0.4, -0.2) is 0 Å². The summed E-state index contributed by atoms with van der Waals surface area (Å²) in [5.41, 5.74) is 0.452. The Morgan fingerprint density at radius 2 is 1.72 bits per heavy atom. The molecule has 1 aromatic carbocycles. The molecule has 0 amide bonds. The molecule has 0 bridgehead atoms. The summed E-state index contributed by atoms with van der Waals surface area (Å²) in [5, 5.41) is 27.1. The van der Waals surface area contributed by atoms with Crippen LogP contribution in [0.2, 0.25) is 0 Å². The number of hydrogen-bond acceptors (Lipinski definition) is 3. The van der Waals surface area contributed by atoms with Crippen LogP contribution < -0.4 is 0 Å². The van der Waals surface area contributed by atoms with Crippen LogP contribution in [0.4, 0.5) is 0 Å². The predicted molar refractivity (Wildman–Crippen MR) is 68.0 cm³/mol. The highest BCUT2D eigenvalue weighted by atomic mass is 14.4. The molecule has 0 atom stereocenters. The fourth-order valence-electron chi connectivity index (χ4n) is 1.70. The van der Waals surface area contributed by atoms with Crippen LogP contribution in [0.15, 0.2) is 36.9 Å². The van der Waals surface area contributed by atoms with Crippen molar-refractivity contribution in [3.8, 4) is 18.2 Å². The second-order valence-corrected chi connectivity index (χ2v) is 4.12. The van der Waals surface area contributed by atoms with Crippen LogP contribution in [0.5, 0.6) is 0 Å². The molecule has 0 unspecified atom stereocenters. The lowest BCUT2D eigenvalue weighted by molar-refractivity contribution is 0.479. The van der Waals surface area contributed by atoms with Crippen molar-refractivity contribution in [2.24, 2.45) is 5.41 Å². The SMILES string of the molecule is C=CCCC(C#N)(C#N)Cc1ccc(C#N)cc1. The summed E-state index contributed by atoms with van der Waals surface area (Å²) in [4.78, 5) is 0. The van der Waals surface area contributed by atoms with Crippen molar-refractivity contribution in [1.29, 1.82) is 15.8 Å². The Bertz CT molecular complexity index is 521. The van der Waals surface area contributed by atoms with E-state index in [1.54, 1.807) is 30.3 Å². The fourth-order valence-corrected chi connectivity index (χ4v) is 1.70. The van der Waals surface area contributed by atoms with E-state index in [0.29, 0.717) is 24.8 Å². The van der Waals surface area contributed by atoms with Gasteiger partial charge in [0.1, 0.15) is 5.41 Å². The second kappa shape index (κ2) is 6.24. The molecule has 1 aromatic rings. The highest BCUT2D eigenvalue weighted by Crippen LogP contribution is 2.27. The van der Waals surface area contributed by atoms with Crippen molar-refractivity contribution in [1.82, 2.24) is 0 Å². The summed E-state index contributed by atoms with van der Waals surface area (Å²) < 4.78 is 0. The molecule has 3 nitrogen and oxygen atoms in total. The highest BCUT2D eigenvalue weighted by Gasteiger charge is 2.29. The number of nitrogens with zero attached hydrogens (tertiary/aromatic N) is 3. The Balaban J connectivity index is 2.90. The summed E-state index contributed by atoms with van der Waals surface area (Å²) >= 11 is 0. The van der Waals surface area contributed by atoms with Gasteiger partial charge in [-0.3, -0.25) is 0 Å². The zero-order valence-corrected chi connectivity index (χ0v) is 10.1. The Hall–Kier alpha value is -2.57. The summed E-state index contributed by atoms with van der Waals surface area (Å²) in [6.07, 6.45) is 3.20. The third kappa shape index (κ3) is 3.21. The van der Waals surface area contributed by atoms with Crippen molar-refractivity contribution in [2.45, 2.75) is 19.3 Å². The minimum absolute atomic E-state index is 0.375. The molecule has 0 aliphatic heterocycles. The molecule has 0 radical (unpaired) electrons. The first-order valence-corrected chi connectivity index (χ1v) is 5.62. The summed E-state index contributed by atoms with van der Waals surface area (Å²) in [6, 6.07) is 13.2. The molecule has 3 heteroatoms. The van der Waals surface area contributed by atoms with Gasteiger partial charge in [-0.15, -0.1) is 6.58 Å². The lowest BCUT2D eigenvalue weighted by atomic mass is 9.80. The van der Waals surface area contributed by atoms with Gasteiger partial charge in [0, 0.05) is 6.42 Å². The average Bonchev–Trinajstić information content (AvgIpc) is 2.44. The smallest absolute Gasteiger partial charge is 0.148 e. The fraction of sp³-hybridized carbons (Fsp3) is 0.267. The van der Waals surface area contributed by atoms with Crippen molar-refractivity contribution in [3.05, 3.63) is 48.0 Å². The Morgan fingerprint density at radius 3 is 2.17 bits per heavy atom. The van der Waals surface area contributed by atoms with Gasteiger partial charge in [0.15, 0.2) is 0 Å². The van der Waals surface area contributed by atoms with E-state index in [0.717, 1.165) is 5.56 Å². The van der Waals surface area contributed by atoms with Crippen LogP contribution in [0.1, 0.15) is 24.0 Å². The zero-order chi connectivity index (χ0) is 13.4. The topological polar surface area (TPSA) is 71.4 Å². The van der Waals surface area contributed by atoms with Gasteiger partial charge in [-0.2, -0.15) is 15.8 Å². The van der Waals surface area contributed by atoms with Gasteiger partial charge < -0.3 is 0 Å². The number of allylic oxidation sites excluding steroid dienone is 1. The van der Waals surface area contributed by atoms with Crippen LogP contribution in [0.25, 0.3) is 0 Å². The summed E-state index contributed by atoms with van der Waals surface area (Å²) in [5.74, 6) is 0. The minimum atomic E-state index is -1.01. The molecule has 0 aliphatic carbocycles. The molecular weight excluding hydrogens is 222 g/mol. The molecule has 0 fully saturated rings. The van der Waals surface area contributed by atoms with E-state index in [-0.39, 0.29) is 0 Å². The number of hydrogen-bond donors (Lipinski definition) is 0. The quantitative estimate of drug-likeness (QED) is 0.736. The minimum Gasteiger partial charge on any atom is -0.197 e. The Morgan fingerprint density at radius 1 is 1.11 bits per heavy atom. The van der Waals surface area contributed by atoms with E-state index in [4.69, 9.17) is 5.26 Å². The van der Waals surface area contributed by atoms with Gasteiger partial charge in [-0.25, -0.2) is 0 Å². The molecule has 18 heavy (non-hydrogen) atoms. The van der Waals surface area contributed by atoms with Gasteiger partial charge >= 0.3 is 0 Å². The van der Waals surface area contributed by atoms with Crippen molar-refractivity contribution < 1.29 is 0 Å². The third-order valence-corrected chi connectivity index (χ3v) is 2.79. The number of rotatable bonds is 5. The Kier molecular flexibility index (Phi) is 4.67. The van der Waals surface area contributed by atoms with E-state index < -0.39 is 5.41 Å². The van der Waals surface area contributed by atoms with Crippen LogP contribution in [0.3, 0.4) is 0 Å². The molecule has 1 rings (SSSR count). The van der Waals surface area contributed by atoms with E-state index in [2.05, 4.69) is 18.7 Å². The molecule has 0 saturated heterocycles. The van der Waals surface area contributed by atoms with E-state index in [9.17, 15) is 10.5 Å². The summed E-state index contributed by atoms with van der Waals surface area (Å²) in [6.45, 7) is 3.61. The van der Waals surface area contributed by atoms with Gasteiger partial charge in [0.25, 0.3) is 0 Å². The van der Waals surface area contributed by atoms with Crippen molar-refractivity contribution >= 4 is 0 Å². The van der Waals surface area contributed by atoms with Gasteiger partial charge in [-0.1, -0.05) is 18.2 Å². The molecule has 0 aromatic heterocycles. The standard InChI is InChI=1S/C15H13N3/c1-2-3-8-15(11-17,12-18)9-13-4-6-14(10-16)7-5-13/h2,4-7H,1,3,8-9H2. The lowest BCUT2D eigenvalue weighted by Gasteiger charge is -2.17. The first kappa shape index (κ1) is 13.5. The summed E-state index contributed by atoms with van der Waals surface area (Å²) in [7, 11) is 0. The maximum Gasteiger partial charge on any atom is 0.148 e. The molecule has 88 valence electrons. The van der Waals surface area contributed by atoms with Crippen molar-refractivity contribution in [3.63, 3.8) is 0 Å². The van der Waals surface area contributed by atoms with E-state index in [1.165, 1.54) is 0 Å². The molecular formula is C15H13N3. The number of nitriles is 3. The van der Waals surface area contributed by atoms with Crippen molar-refractivity contribution in [2.75, 3.05) is 0 Å². The zero-order valence-electron chi connectivity index (χ0n) is 10.1. The normalized spacial score (nSPS) is 9.83. The van der Waals surface area contributed by atoms with Gasteiger partial charge in [0.2, 0.25) is 0 Å². The molecule has 0 saturated carbocycles. The van der Waals surface area contributed by atoms with Crippen LogP contribution >= 0.6 is 0 Å². The third-order valence-electron chi connectivity index (χ3n) is 2.79. The number of benzene rings is 1. The molecule has 0 N–H and O–H groups in total. The maximum absolute atomic E-state index is 9.21. The van der Waals surface area contributed by atoms with E-state index in [1.807, 2.05) is 6.07 Å². The first-order chi connectivity index (χ1) is 8.69. The average molecular weight is 235 g/mol. The monoisotopic (exact) mass is 235 g/mol. The Labute approximate surface area is 107 Å². The first-order valence-electron chi connectivity index (χ1n) is 5.62. The van der Waals surface area contributed by atoms with Crippen LogP contribution in [-0.2, 0) is 6.42 Å². The second-order valence-electron chi connectivity index (χ2n) is 4.12.